The number of hydrogen-bond donors (Lipinski definition) is 2. The minimum Gasteiger partial charge on any atom is -0.478 e. The van der Waals surface area contributed by atoms with Crippen LogP contribution in [0.1, 0.15) is 27.2 Å². The molecule has 1 rings (SSSR count). The number of imide groups is 1. The van der Waals surface area contributed by atoms with Crippen LogP contribution in [0.25, 0.3) is 0 Å². The molecule has 1 fully saturated rings. The molecule has 3 amide bonds. The second kappa shape index (κ2) is 4.57. The van der Waals surface area contributed by atoms with Gasteiger partial charge in [0.1, 0.15) is 5.54 Å². The fourth-order valence-corrected chi connectivity index (χ4v) is 1.64. The minimum atomic E-state index is -1.09. The molecule has 6 nitrogen and oxygen atoms in total. The van der Waals surface area contributed by atoms with Crippen molar-refractivity contribution in [2.75, 3.05) is 6.54 Å². The summed E-state index contributed by atoms with van der Waals surface area (Å²) in [5.41, 5.74) is -0.429. The van der Waals surface area contributed by atoms with Gasteiger partial charge in [-0.1, -0.05) is 6.92 Å². The normalized spacial score (nSPS) is 25.1. The van der Waals surface area contributed by atoms with Crippen LogP contribution in [0.2, 0.25) is 0 Å². The van der Waals surface area contributed by atoms with Crippen molar-refractivity contribution >= 4 is 17.9 Å². The number of carboxylic acids is 1. The molecule has 0 saturated carbocycles. The molecule has 1 atom stereocenters. The third-order valence-corrected chi connectivity index (χ3v) is 2.83. The summed E-state index contributed by atoms with van der Waals surface area (Å²) < 4.78 is 0. The van der Waals surface area contributed by atoms with Gasteiger partial charge in [-0.15, -0.1) is 0 Å². The van der Waals surface area contributed by atoms with Crippen LogP contribution in [-0.4, -0.2) is 40.0 Å². The van der Waals surface area contributed by atoms with E-state index in [0.717, 1.165) is 11.0 Å². The van der Waals surface area contributed by atoms with Gasteiger partial charge in [0.2, 0.25) is 0 Å². The Morgan fingerprint density at radius 1 is 1.53 bits per heavy atom. The lowest BCUT2D eigenvalue weighted by Gasteiger charge is -2.19. The smallest absolute Gasteiger partial charge is 0.328 e. The van der Waals surface area contributed by atoms with E-state index in [4.69, 9.17) is 5.11 Å². The van der Waals surface area contributed by atoms with Crippen molar-refractivity contribution in [3.8, 4) is 0 Å². The largest absolute Gasteiger partial charge is 0.478 e. The highest BCUT2D eigenvalue weighted by Crippen LogP contribution is 2.21. The number of amides is 3. The molecule has 17 heavy (non-hydrogen) atoms. The molecule has 2 N–H and O–H groups in total. The van der Waals surface area contributed by atoms with Gasteiger partial charge < -0.3 is 10.4 Å². The quantitative estimate of drug-likeness (QED) is 0.560. The fourth-order valence-electron chi connectivity index (χ4n) is 1.64. The summed E-state index contributed by atoms with van der Waals surface area (Å²) in [5.74, 6) is -1.41. The lowest BCUT2D eigenvalue weighted by molar-refractivity contribution is -0.132. The molecule has 0 aromatic rings. The molecular formula is C11H16N2O4. The average Bonchev–Trinajstić information content (AvgIpc) is 2.42. The molecule has 1 saturated heterocycles. The number of urea groups is 1. The van der Waals surface area contributed by atoms with Crippen LogP contribution in [-0.2, 0) is 9.59 Å². The topological polar surface area (TPSA) is 86.7 Å². The van der Waals surface area contributed by atoms with Gasteiger partial charge in [-0.2, -0.15) is 0 Å². The standard InChI is InChI=1S/C11H16N2O4/c1-4-11(3)9(16)13(10(17)12-11)6-7(2)5-8(14)15/h5H,4,6H2,1-3H3,(H,12,17)(H,14,15). The molecule has 1 aliphatic heterocycles. The minimum absolute atomic E-state index is 0.00650. The Balaban J connectivity index is 2.84. The van der Waals surface area contributed by atoms with Gasteiger partial charge in [0.15, 0.2) is 0 Å². The number of rotatable bonds is 4. The maximum Gasteiger partial charge on any atom is 0.328 e. The van der Waals surface area contributed by atoms with Gasteiger partial charge in [-0.25, -0.2) is 9.59 Å². The molecule has 0 radical (unpaired) electrons. The number of carboxylic acid groups (broad SMARTS) is 1. The first-order valence-corrected chi connectivity index (χ1v) is 5.34. The number of carbonyl (C=O) groups excluding carboxylic acids is 2. The van der Waals surface area contributed by atoms with E-state index >= 15 is 0 Å². The molecule has 0 bridgehead atoms. The zero-order valence-electron chi connectivity index (χ0n) is 10.1. The van der Waals surface area contributed by atoms with Crippen molar-refractivity contribution in [3.05, 3.63) is 11.6 Å². The summed E-state index contributed by atoms with van der Waals surface area (Å²) in [4.78, 5) is 35.0. The van der Waals surface area contributed by atoms with E-state index in [2.05, 4.69) is 5.32 Å². The molecule has 1 aliphatic rings. The summed E-state index contributed by atoms with van der Waals surface area (Å²) in [6.45, 7) is 5.04. The Hall–Kier alpha value is -1.85. The molecule has 0 aromatic carbocycles. The van der Waals surface area contributed by atoms with E-state index in [1.807, 2.05) is 6.92 Å². The monoisotopic (exact) mass is 240 g/mol. The van der Waals surface area contributed by atoms with Crippen LogP contribution in [0.5, 0.6) is 0 Å². The van der Waals surface area contributed by atoms with Crippen LogP contribution in [0.15, 0.2) is 11.6 Å². The van der Waals surface area contributed by atoms with Gasteiger partial charge in [-0.05, 0) is 25.8 Å². The van der Waals surface area contributed by atoms with Crippen LogP contribution < -0.4 is 5.32 Å². The molecule has 94 valence electrons. The lowest BCUT2D eigenvalue weighted by Crippen LogP contribution is -2.43. The van der Waals surface area contributed by atoms with Crippen molar-refractivity contribution in [2.45, 2.75) is 32.7 Å². The maximum absolute atomic E-state index is 12.0. The first-order chi connectivity index (χ1) is 7.80. The highest BCUT2D eigenvalue weighted by atomic mass is 16.4. The maximum atomic E-state index is 12.0. The Kier molecular flexibility index (Phi) is 3.55. The van der Waals surface area contributed by atoms with E-state index in [0.29, 0.717) is 12.0 Å². The average molecular weight is 240 g/mol. The van der Waals surface area contributed by atoms with Gasteiger partial charge >= 0.3 is 12.0 Å². The van der Waals surface area contributed by atoms with Crippen LogP contribution in [0.4, 0.5) is 4.79 Å². The van der Waals surface area contributed by atoms with Crippen molar-refractivity contribution in [2.24, 2.45) is 0 Å². The number of nitrogens with one attached hydrogen (secondary N) is 1. The third kappa shape index (κ3) is 2.64. The van der Waals surface area contributed by atoms with Crippen molar-refractivity contribution in [1.29, 1.82) is 0 Å². The van der Waals surface area contributed by atoms with E-state index < -0.39 is 17.5 Å². The second-order valence-corrected chi connectivity index (χ2v) is 4.34. The molecule has 0 spiro atoms. The fraction of sp³-hybridized carbons (Fsp3) is 0.545. The van der Waals surface area contributed by atoms with Gasteiger partial charge in [0.25, 0.3) is 5.91 Å². The molecular weight excluding hydrogens is 224 g/mol. The number of carbonyl (C=O) groups is 3. The summed E-state index contributed by atoms with van der Waals surface area (Å²) in [6.07, 6.45) is 1.48. The zero-order chi connectivity index (χ0) is 13.2. The second-order valence-electron chi connectivity index (χ2n) is 4.34. The van der Waals surface area contributed by atoms with Crippen LogP contribution >= 0.6 is 0 Å². The van der Waals surface area contributed by atoms with E-state index in [-0.39, 0.29) is 12.5 Å². The van der Waals surface area contributed by atoms with Crippen LogP contribution in [0.3, 0.4) is 0 Å². The summed E-state index contributed by atoms with van der Waals surface area (Å²) >= 11 is 0. The number of aliphatic carboxylic acids is 1. The highest BCUT2D eigenvalue weighted by Gasteiger charge is 2.46. The number of nitrogens with zero attached hydrogens (tertiary/aromatic N) is 1. The number of hydrogen-bond acceptors (Lipinski definition) is 3. The molecule has 0 aromatic heterocycles. The molecule has 0 aliphatic carbocycles. The zero-order valence-corrected chi connectivity index (χ0v) is 10.1. The molecule has 6 heteroatoms. The summed E-state index contributed by atoms with van der Waals surface area (Å²) in [6, 6.07) is -0.475. The van der Waals surface area contributed by atoms with E-state index in [9.17, 15) is 14.4 Å². The Bertz CT molecular complexity index is 402. The third-order valence-electron chi connectivity index (χ3n) is 2.83. The van der Waals surface area contributed by atoms with Crippen molar-refractivity contribution in [1.82, 2.24) is 10.2 Å². The predicted molar refractivity (Wildman–Crippen MR) is 60.3 cm³/mol. The first-order valence-electron chi connectivity index (χ1n) is 5.34. The molecule has 1 heterocycles. The Labute approximate surface area is 99.3 Å². The van der Waals surface area contributed by atoms with Gasteiger partial charge in [-0.3, -0.25) is 9.69 Å². The highest BCUT2D eigenvalue weighted by molar-refractivity contribution is 6.07. The SMILES string of the molecule is CCC1(C)NC(=O)N(CC(C)=CC(=O)O)C1=O. The lowest BCUT2D eigenvalue weighted by atomic mass is 9.99. The first kappa shape index (κ1) is 13.2. The summed E-state index contributed by atoms with van der Waals surface area (Å²) in [7, 11) is 0. The predicted octanol–water partition coefficient (Wildman–Crippen LogP) is 0.738. The van der Waals surface area contributed by atoms with Crippen molar-refractivity contribution < 1.29 is 19.5 Å². The van der Waals surface area contributed by atoms with Crippen LogP contribution in [0, 0.1) is 0 Å². The van der Waals surface area contributed by atoms with Crippen molar-refractivity contribution in [3.63, 3.8) is 0 Å². The van der Waals surface area contributed by atoms with E-state index in [1.165, 1.54) is 0 Å². The van der Waals surface area contributed by atoms with E-state index in [1.54, 1.807) is 13.8 Å². The molecule has 1 unspecified atom stereocenters. The van der Waals surface area contributed by atoms with Gasteiger partial charge in [0.05, 0.1) is 6.54 Å². The Morgan fingerprint density at radius 3 is 2.53 bits per heavy atom. The van der Waals surface area contributed by atoms with Gasteiger partial charge in [0, 0.05) is 6.08 Å². The summed E-state index contributed by atoms with van der Waals surface area (Å²) in [5, 5.41) is 11.2. The Morgan fingerprint density at radius 2 is 2.12 bits per heavy atom.